The Morgan fingerprint density at radius 1 is 1.14 bits per heavy atom. The number of carbonyl (C=O) groups excluding carboxylic acids is 2. The summed E-state index contributed by atoms with van der Waals surface area (Å²) in [5, 5.41) is 7.97. The molecule has 1 saturated heterocycles. The minimum absolute atomic E-state index is 0.0365. The number of piperidine rings is 1. The monoisotopic (exact) mass is 399 g/mol. The van der Waals surface area contributed by atoms with Gasteiger partial charge in [0.2, 0.25) is 0 Å². The van der Waals surface area contributed by atoms with Gasteiger partial charge < -0.3 is 10.2 Å². The number of halogens is 1. The SMILES string of the molecule is O=C1CC(=O)C(=Nc2c(NCCN3CCCCC3)nn3ccccc23)C=C1Cl. The van der Waals surface area contributed by atoms with Crippen LogP contribution in [0.3, 0.4) is 0 Å². The number of nitrogens with one attached hydrogen (secondary N) is 1. The molecular formula is C20H22ClN5O2. The topological polar surface area (TPSA) is 79.1 Å². The summed E-state index contributed by atoms with van der Waals surface area (Å²) in [4.78, 5) is 30.8. The molecule has 1 aliphatic heterocycles. The average Bonchev–Trinajstić information content (AvgIpc) is 3.04. The zero-order chi connectivity index (χ0) is 19.5. The lowest BCUT2D eigenvalue weighted by atomic mass is 10.0. The van der Waals surface area contributed by atoms with E-state index >= 15 is 0 Å². The number of ketones is 2. The van der Waals surface area contributed by atoms with Crippen molar-refractivity contribution in [3.05, 3.63) is 35.5 Å². The van der Waals surface area contributed by atoms with E-state index in [9.17, 15) is 9.59 Å². The van der Waals surface area contributed by atoms with Crippen molar-refractivity contribution in [1.29, 1.82) is 0 Å². The normalized spacial score (nSPS) is 20.0. The van der Waals surface area contributed by atoms with Gasteiger partial charge in [0.15, 0.2) is 17.4 Å². The minimum Gasteiger partial charge on any atom is -0.365 e. The van der Waals surface area contributed by atoms with Crippen molar-refractivity contribution in [1.82, 2.24) is 14.5 Å². The van der Waals surface area contributed by atoms with Crippen LogP contribution in [-0.4, -0.2) is 58.0 Å². The molecule has 1 aliphatic carbocycles. The molecule has 0 saturated carbocycles. The van der Waals surface area contributed by atoms with Gasteiger partial charge in [-0.1, -0.05) is 24.1 Å². The lowest BCUT2D eigenvalue weighted by Gasteiger charge is -2.26. The van der Waals surface area contributed by atoms with Gasteiger partial charge in [0.05, 0.1) is 17.0 Å². The van der Waals surface area contributed by atoms with E-state index in [0.29, 0.717) is 11.5 Å². The number of fused-ring (bicyclic) bond motifs is 1. The van der Waals surface area contributed by atoms with E-state index in [1.165, 1.54) is 25.3 Å². The molecule has 0 amide bonds. The Morgan fingerprint density at radius 2 is 1.96 bits per heavy atom. The highest BCUT2D eigenvalue weighted by Crippen LogP contribution is 2.31. The number of likely N-dealkylation sites (tertiary alicyclic amines) is 1. The number of anilines is 1. The number of rotatable bonds is 5. The lowest BCUT2D eigenvalue weighted by Crippen LogP contribution is -2.33. The summed E-state index contributed by atoms with van der Waals surface area (Å²) in [7, 11) is 0. The molecule has 0 radical (unpaired) electrons. The zero-order valence-corrected chi connectivity index (χ0v) is 16.3. The molecule has 4 rings (SSSR count). The number of carbonyl (C=O) groups is 2. The van der Waals surface area contributed by atoms with Crippen LogP contribution in [0, 0.1) is 0 Å². The van der Waals surface area contributed by atoms with Gasteiger partial charge in [-0.15, -0.1) is 5.10 Å². The number of allylic oxidation sites excluding steroid dienone is 2. The Hall–Kier alpha value is -2.51. The second-order valence-electron chi connectivity index (χ2n) is 7.07. The van der Waals surface area contributed by atoms with E-state index in [2.05, 4.69) is 20.3 Å². The van der Waals surface area contributed by atoms with Crippen LogP contribution in [0.4, 0.5) is 11.5 Å². The van der Waals surface area contributed by atoms with Crippen LogP contribution in [0.25, 0.3) is 5.52 Å². The van der Waals surface area contributed by atoms with Crippen LogP contribution in [0.2, 0.25) is 0 Å². The van der Waals surface area contributed by atoms with Crippen LogP contribution < -0.4 is 5.32 Å². The highest BCUT2D eigenvalue weighted by atomic mass is 35.5. The Kier molecular flexibility index (Phi) is 5.54. The van der Waals surface area contributed by atoms with Gasteiger partial charge in [0.25, 0.3) is 0 Å². The summed E-state index contributed by atoms with van der Waals surface area (Å²) in [6.07, 6.45) is 6.75. The standard InChI is InChI=1S/C20H22ClN5O2/c21-14-12-15(18(28)13-17(14)27)23-19-16-6-2-5-10-26(16)24-20(19)22-7-11-25-8-3-1-4-9-25/h2,5-6,10,12H,1,3-4,7-9,11,13H2,(H,22,24). The highest BCUT2D eigenvalue weighted by molar-refractivity contribution is 6.57. The summed E-state index contributed by atoms with van der Waals surface area (Å²) >= 11 is 5.93. The number of nitrogens with zero attached hydrogens (tertiary/aromatic N) is 4. The zero-order valence-electron chi connectivity index (χ0n) is 15.5. The summed E-state index contributed by atoms with van der Waals surface area (Å²) in [6.45, 7) is 3.94. The van der Waals surface area contributed by atoms with Gasteiger partial charge in [-0.05, 0) is 44.1 Å². The third-order valence-electron chi connectivity index (χ3n) is 5.05. The highest BCUT2D eigenvalue weighted by Gasteiger charge is 2.24. The van der Waals surface area contributed by atoms with E-state index in [4.69, 9.17) is 11.6 Å². The first-order valence-corrected chi connectivity index (χ1v) is 9.95. The Labute approximate surface area is 168 Å². The summed E-state index contributed by atoms with van der Waals surface area (Å²) < 4.78 is 1.73. The maximum Gasteiger partial charge on any atom is 0.189 e. The van der Waals surface area contributed by atoms with Crippen molar-refractivity contribution in [3.63, 3.8) is 0 Å². The molecule has 7 nitrogen and oxygen atoms in total. The summed E-state index contributed by atoms with van der Waals surface area (Å²) in [5.74, 6) is -0.0840. The largest absolute Gasteiger partial charge is 0.365 e. The number of aliphatic imine (C=N–C) groups is 1. The summed E-state index contributed by atoms with van der Waals surface area (Å²) in [5.41, 5.74) is 1.55. The Balaban J connectivity index is 1.61. The predicted octanol–water partition coefficient (Wildman–Crippen LogP) is 2.97. The fraction of sp³-hybridized carbons (Fsp3) is 0.400. The van der Waals surface area contributed by atoms with E-state index in [1.807, 2.05) is 24.4 Å². The number of aromatic nitrogens is 2. The Bertz CT molecular complexity index is 972. The average molecular weight is 400 g/mol. The third-order valence-corrected chi connectivity index (χ3v) is 5.37. The van der Waals surface area contributed by atoms with Gasteiger partial charge in [-0.2, -0.15) is 0 Å². The molecule has 0 aromatic carbocycles. The second kappa shape index (κ2) is 8.24. The van der Waals surface area contributed by atoms with E-state index in [1.54, 1.807) is 4.52 Å². The van der Waals surface area contributed by atoms with Crippen molar-refractivity contribution in [2.24, 2.45) is 4.99 Å². The maximum atomic E-state index is 12.2. The quantitative estimate of drug-likeness (QED) is 0.782. The van der Waals surface area contributed by atoms with Crippen LogP contribution in [-0.2, 0) is 9.59 Å². The molecule has 3 heterocycles. The molecule has 28 heavy (non-hydrogen) atoms. The third kappa shape index (κ3) is 4.00. The molecule has 8 heteroatoms. The molecular weight excluding hydrogens is 378 g/mol. The van der Waals surface area contributed by atoms with Crippen LogP contribution in [0.15, 0.2) is 40.5 Å². The van der Waals surface area contributed by atoms with Gasteiger partial charge in [-0.3, -0.25) is 9.59 Å². The van der Waals surface area contributed by atoms with Crippen molar-refractivity contribution in [2.75, 3.05) is 31.5 Å². The molecule has 0 atom stereocenters. The predicted molar refractivity (Wildman–Crippen MR) is 110 cm³/mol. The molecule has 0 bridgehead atoms. The van der Waals surface area contributed by atoms with Crippen molar-refractivity contribution in [3.8, 4) is 0 Å². The molecule has 1 N–H and O–H groups in total. The van der Waals surface area contributed by atoms with Crippen LogP contribution in [0.1, 0.15) is 25.7 Å². The van der Waals surface area contributed by atoms with E-state index < -0.39 is 0 Å². The van der Waals surface area contributed by atoms with E-state index in [-0.39, 0.29) is 28.7 Å². The second-order valence-corrected chi connectivity index (χ2v) is 7.48. The minimum atomic E-state index is -0.370. The molecule has 2 aliphatic rings. The van der Waals surface area contributed by atoms with Crippen molar-refractivity contribution >= 4 is 45.9 Å². The Morgan fingerprint density at radius 3 is 2.79 bits per heavy atom. The number of hydrogen-bond acceptors (Lipinski definition) is 6. The molecule has 1 fully saturated rings. The van der Waals surface area contributed by atoms with Crippen molar-refractivity contribution in [2.45, 2.75) is 25.7 Å². The summed E-state index contributed by atoms with van der Waals surface area (Å²) in [6, 6.07) is 5.68. The first kappa shape index (κ1) is 18.8. The first-order chi connectivity index (χ1) is 13.6. The van der Waals surface area contributed by atoms with Crippen molar-refractivity contribution < 1.29 is 9.59 Å². The van der Waals surface area contributed by atoms with E-state index in [0.717, 1.165) is 31.7 Å². The maximum absolute atomic E-state index is 12.2. The van der Waals surface area contributed by atoms with Crippen LogP contribution >= 0.6 is 11.6 Å². The molecule has 146 valence electrons. The van der Waals surface area contributed by atoms with Gasteiger partial charge in [0.1, 0.15) is 11.4 Å². The van der Waals surface area contributed by atoms with Gasteiger partial charge >= 0.3 is 0 Å². The molecule has 0 spiro atoms. The van der Waals surface area contributed by atoms with Crippen LogP contribution in [0.5, 0.6) is 0 Å². The molecule has 0 unspecified atom stereocenters. The number of pyridine rings is 1. The fourth-order valence-corrected chi connectivity index (χ4v) is 3.72. The number of hydrogen-bond donors (Lipinski definition) is 1. The smallest absolute Gasteiger partial charge is 0.189 e. The molecule has 2 aromatic rings. The lowest BCUT2D eigenvalue weighted by molar-refractivity contribution is -0.121. The fourth-order valence-electron chi connectivity index (χ4n) is 3.55. The first-order valence-electron chi connectivity index (χ1n) is 9.58. The number of Topliss-reactive ketones (excluding diaryl/α,β-unsaturated/α-hetero) is 2. The van der Waals surface area contributed by atoms with Gasteiger partial charge in [-0.25, -0.2) is 9.51 Å². The molecule has 2 aromatic heterocycles. The van der Waals surface area contributed by atoms with Gasteiger partial charge in [0, 0.05) is 19.3 Å².